The number of nitrogens with two attached hydrogens (primary N) is 1. The van der Waals surface area contributed by atoms with Crippen molar-refractivity contribution in [3.05, 3.63) is 33.9 Å². The number of benzene rings is 1. The number of aromatic nitrogens is 4. The maximum atomic E-state index is 6.28. The van der Waals surface area contributed by atoms with Gasteiger partial charge in [0.15, 0.2) is 5.65 Å². The maximum Gasteiger partial charge on any atom is 0.207 e. The van der Waals surface area contributed by atoms with Crippen molar-refractivity contribution in [3.8, 4) is 5.69 Å². The van der Waals surface area contributed by atoms with Gasteiger partial charge in [0.25, 0.3) is 0 Å². The Morgan fingerprint density at radius 2 is 1.90 bits per heavy atom. The number of nitrogens with zero attached hydrogens (tertiary/aromatic N) is 4. The molecule has 7 heteroatoms. The van der Waals surface area contributed by atoms with Crippen LogP contribution in [-0.2, 0) is 6.54 Å². The van der Waals surface area contributed by atoms with Gasteiger partial charge in [-0.25, -0.2) is 9.67 Å². The second-order valence-corrected chi connectivity index (χ2v) is 5.26. The van der Waals surface area contributed by atoms with Crippen molar-refractivity contribution >= 4 is 40.3 Å². The summed E-state index contributed by atoms with van der Waals surface area (Å²) < 4.78 is 3.59. The molecule has 3 rings (SSSR count). The van der Waals surface area contributed by atoms with E-state index in [4.69, 9.17) is 28.9 Å². The lowest BCUT2D eigenvalue weighted by molar-refractivity contribution is 0.663. The van der Waals surface area contributed by atoms with E-state index in [2.05, 4.69) is 10.1 Å². The number of rotatable bonds is 2. The molecule has 20 heavy (non-hydrogen) atoms. The van der Waals surface area contributed by atoms with E-state index in [1.54, 1.807) is 22.8 Å². The Bertz CT molecular complexity index is 783. The third-order valence-corrected chi connectivity index (χ3v) is 3.81. The Balaban J connectivity index is 2.45. The van der Waals surface area contributed by atoms with Gasteiger partial charge in [-0.15, -0.1) is 0 Å². The highest BCUT2D eigenvalue weighted by Gasteiger charge is 2.20. The average molecular weight is 310 g/mol. The number of halogens is 2. The fraction of sp³-hybridized carbons (Fsp3) is 0.231. The first-order chi connectivity index (χ1) is 9.54. The quantitative estimate of drug-likeness (QED) is 0.788. The van der Waals surface area contributed by atoms with E-state index in [9.17, 15) is 0 Å². The Morgan fingerprint density at radius 1 is 1.25 bits per heavy atom. The van der Waals surface area contributed by atoms with E-state index in [0.717, 1.165) is 16.9 Å². The second-order valence-electron chi connectivity index (χ2n) is 4.45. The van der Waals surface area contributed by atoms with Crippen LogP contribution < -0.4 is 5.73 Å². The average Bonchev–Trinajstić information content (AvgIpc) is 2.88. The number of imidazole rings is 1. The molecule has 0 amide bonds. The minimum atomic E-state index is 0.345. The van der Waals surface area contributed by atoms with Crippen LogP contribution in [0.25, 0.3) is 16.9 Å². The molecule has 0 radical (unpaired) electrons. The molecule has 0 saturated carbocycles. The molecule has 3 aromatic rings. The van der Waals surface area contributed by atoms with E-state index in [-0.39, 0.29) is 0 Å². The van der Waals surface area contributed by atoms with Gasteiger partial charge < -0.3 is 5.73 Å². The molecule has 0 aliphatic heterocycles. The zero-order valence-corrected chi connectivity index (χ0v) is 12.6. The highest BCUT2D eigenvalue weighted by molar-refractivity contribution is 6.37. The number of aryl methyl sites for hydroxylation is 2. The monoisotopic (exact) mass is 309 g/mol. The normalized spacial score (nSPS) is 11.4. The molecular formula is C13H13Cl2N5. The Kier molecular flexibility index (Phi) is 3.11. The van der Waals surface area contributed by atoms with Gasteiger partial charge in [0, 0.05) is 6.54 Å². The predicted molar refractivity (Wildman–Crippen MR) is 81.7 cm³/mol. The largest absolute Gasteiger partial charge is 0.369 e. The van der Waals surface area contributed by atoms with Crippen molar-refractivity contribution in [2.75, 3.05) is 5.73 Å². The van der Waals surface area contributed by atoms with Gasteiger partial charge in [0.2, 0.25) is 5.95 Å². The van der Waals surface area contributed by atoms with Crippen LogP contribution in [0, 0.1) is 6.92 Å². The maximum absolute atomic E-state index is 6.28. The summed E-state index contributed by atoms with van der Waals surface area (Å²) in [7, 11) is 0. The van der Waals surface area contributed by atoms with Crippen molar-refractivity contribution in [2.24, 2.45) is 0 Å². The molecule has 2 N–H and O–H groups in total. The van der Waals surface area contributed by atoms with Crippen LogP contribution in [0.1, 0.15) is 12.6 Å². The van der Waals surface area contributed by atoms with Crippen molar-refractivity contribution in [2.45, 2.75) is 20.4 Å². The number of hydrogen-bond acceptors (Lipinski definition) is 3. The lowest BCUT2D eigenvalue weighted by Crippen LogP contribution is -2.07. The summed E-state index contributed by atoms with van der Waals surface area (Å²) in [5.74, 6) is 0.345. The van der Waals surface area contributed by atoms with E-state index < -0.39 is 0 Å². The molecule has 0 fully saturated rings. The molecule has 0 unspecified atom stereocenters. The molecule has 0 aliphatic rings. The van der Waals surface area contributed by atoms with Crippen LogP contribution in [0.15, 0.2) is 18.2 Å². The van der Waals surface area contributed by atoms with E-state index in [1.807, 2.05) is 18.5 Å². The van der Waals surface area contributed by atoms with Crippen LogP contribution in [0.2, 0.25) is 10.0 Å². The smallest absolute Gasteiger partial charge is 0.207 e. The molecule has 0 bridgehead atoms. The topological polar surface area (TPSA) is 61.7 Å². The lowest BCUT2D eigenvalue weighted by Gasteiger charge is -2.11. The first-order valence-electron chi connectivity index (χ1n) is 6.20. The van der Waals surface area contributed by atoms with Crippen LogP contribution >= 0.6 is 23.2 Å². The van der Waals surface area contributed by atoms with Crippen molar-refractivity contribution < 1.29 is 0 Å². The molecule has 2 aromatic heterocycles. The van der Waals surface area contributed by atoms with E-state index in [0.29, 0.717) is 28.2 Å². The minimum Gasteiger partial charge on any atom is -0.369 e. The first kappa shape index (κ1) is 13.3. The number of fused-ring (bicyclic) bond motifs is 1. The zero-order valence-electron chi connectivity index (χ0n) is 11.1. The highest BCUT2D eigenvalue weighted by Crippen LogP contribution is 2.34. The Morgan fingerprint density at radius 3 is 2.50 bits per heavy atom. The molecule has 5 nitrogen and oxygen atoms in total. The van der Waals surface area contributed by atoms with Crippen LogP contribution in [0.3, 0.4) is 0 Å². The van der Waals surface area contributed by atoms with Crippen LogP contribution in [0.5, 0.6) is 0 Å². The number of anilines is 1. The molecule has 0 aliphatic carbocycles. The number of nitrogen functional groups attached to an aromatic ring is 1. The summed E-state index contributed by atoms with van der Waals surface area (Å²) in [6.45, 7) is 4.62. The molecule has 0 spiro atoms. The molecular weight excluding hydrogens is 297 g/mol. The van der Waals surface area contributed by atoms with Crippen LogP contribution in [-0.4, -0.2) is 19.3 Å². The third kappa shape index (κ3) is 1.77. The number of hydrogen-bond donors (Lipinski definition) is 1. The fourth-order valence-corrected chi connectivity index (χ4v) is 2.90. The minimum absolute atomic E-state index is 0.345. The summed E-state index contributed by atoms with van der Waals surface area (Å²) in [5.41, 5.74) is 9.08. The van der Waals surface area contributed by atoms with Gasteiger partial charge in [0.05, 0.1) is 21.4 Å². The van der Waals surface area contributed by atoms with Gasteiger partial charge >= 0.3 is 0 Å². The SMILES string of the molecule is CCn1nc(C)c2nc(N)n(-c3c(Cl)cccc3Cl)c21. The van der Waals surface area contributed by atoms with Crippen molar-refractivity contribution in [3.63, 3.8) is 0 Å². The summed E-state index contributed by atoms with van der Waals surface area (Å²) in [6, 6.07) is 5.34. The van der Waals surface area contributed by atoms with Crippen LogP contribution in [0.4, 0.5) is 5.95 Å². The summed E-state index contributed by atoms with van der Waals surface area (Å²) in [6.07, 6.45) is 0. The lowest BCUT2D eigenvalue weighted by atomic mass is 10.3. The summed E-state index contributed by atoms with van der Waals surface area (Å²) >= 11 is 12.6. The first-order valence-corrected chi connectivity index (χ1v) is 6.96. The van der Waals surface area contributed by atoms with Gasteiger partial charge in [-0.2, -0.15) is 5.10 Å². The Hall–Kier alpha value is -1.72. The molecule has 2 heterocycles. The van der Waals surface area contributed by atoms with Gasteiger partial charge in [0.1, 0.15) is 5.52 Å². The highest BCUT2D eigenvalue weighted by atomic mass is 35.5. The fourth-order valence-electron chi connectivity index (χ4n) is 2.33. The van der Waals surface area contributed by atoms with Crippen molar-refractivity contribution in [1.29, 1.82) is 0 Å². The summed E-state index contributed by atoms with van der Waals surface area (Å²) in [5, 5.41) is 5.48. The number of para-hydroxylation sites is 1. The summed E-state index contributed by atoms with van der Waals surface area (Å²) in [4.78, 5) is 4.38. The third-order valence-electron chi connectivity index (χ3n) is 3.20. The van der Waals surface area contributed by atoms with Gasteiger partial charge in [-0.3, -0.25) is 4.57 Å². The standard InChI is InChI=1S/C13H13Cl2N5/c1-3-19-12-10(7(2)18-19)17-13(16)20(12)11-8(14)5-4-6-9(11)15/h4-6H,3H2,1-2H3,(H2,16,17). The molecule has 104 valence electrons. The van der Waals surface area contributed by atoms with E-state index in [1.165, 1.54) is 0 Å². The van der Waals surface area contributed by atoms with Crippen molar-refractivity contribution in [1.82, 2.24) is 19.3 Å². The molecule has 0 atom stereocenters. The zero-order chi connectivity index (χ0) is 14.4. The second kappa shape index (κ2) is 4.68. The molecule has 1 aromatic carbocycles. The molecule has 0 saturated heterocycles. The van der Waals surface area contributed by atoms with E-state index >= 15 is 0 Å². The predicted octanol–water partition coefficient (Wildman–Crippen LogP) is 3.44. The van der Waals surface area contributed by atoms with Gasteiger partial charge in [-0.1, -0.05) is 29.3 Å². The Labute approximate surface area is 125 Å². The van der Waals surface area contributed by atoms with Gasteiger partial charge in [-0.05, 0) is 26.0 Å².